The van der Waals surface area contributed by atoms with E-state index in [1.807, 2.05) is 17.5 Å². The number of anilines is 2. The summed E-state index contributed by atoms with van der Waals surface area (Å²) in [5, 5.41) is 5.45. The van der Waals surface area contributed by atoms with Crippen LogP contribution in [0.2, 0.25) is 0 Å². The molecule has 1 N–H and O–H groups in total. The molecule has 1 saturated heterocycles. The topological polar surface area (TPSA) is 67.4 Å². The van der Waals surface area contributed by atoms with Gasteiger partial charge in [0.1, 0.15) is 10.8 Å². The molecule has 2 aromatic rings. The van der Waals surface area contributed by atoms with E-state index in [9.17, 15) is 4.79 Å². The number of hydrogen-bond acceptors (Lipinski definition) is 6. The molecule has 0 spiro atoms. The molecule has 7 heteroatoms. The highest BCUT2D eigenvalue weighted by atomic mass is 32.1. The molecule has 2 aromatic heterocycles. The predicted molar refractivity (Wildman–Crippen MR) is 87.0 cm³/mol. The fourth-order valence-electron chi connectivity index (χ4n) is 2.09. The minimum absolute atomic E-state index is 0.198. The van der Waals surface area contributed by atoms with Crippen LogP contribution in [0.5, 0.6) is 0 Å². The number of pyridine rings is 1. The Labute approximate surface area is 132 Å². The predicted octanol–water partition coefficient (Wildman–Crippen LogP) is 2.03. The van der Waals surface area contributed by atoms with Crippen LogP contribution in [0, 0.1) is 0 Å². The molecule has 0 bridgehead atoms. The lowest BCUT2D eigenvalue weighted by atomic mass is 10.3. The van der Waals surface area contributed by atoms with Gasteiger partial charge in [-0.1, -0.05) is 0 Å². The van der Waals surface area contributed by atoms with Crippen LogP contribution in [0.15, 0.2) is 36.0 Å². The Morgan fingerprint density at radius 3 is 2.86 bits per heavy atom. The number of ether oxygens (including phenoxy) is 1. The quantitative estimate of drug-likeness (QED) is 0.874. The molecule has 1 aliphatic heterocycles. The largest absolute Gasteiger partial charge is 0.378 e. The number of amides is 1. The summed E-state index contributed by atoms with van der Waals surface area (Å²) in [6.07, 6.45) is 6.53. The number of carbonyl (C=O) groups excluding carboxylic acids is 1. The lowest BCUT2D eigenvalue weighted by Crippen LogP contribution is -2.36. The number of nitrogens with zero attached hydrogens (tertiary/aromatic N) is 3. The van der Waals surface area contributed by atoms with Gasteiger partial charge in [0.2, 0.25) is 5.91 Å². The van der Waals surface area contributed by atoms with Crippen molar-refractivity contribution >= 4 is 34.8 Å². The SMILES string of the molecule is O=C(/C=C/c1nccs1)Nc1ccc(N2CCOCC2)nc1. The van der Waals surface area contributed by atoms with Gasteiger partial charge in [-0.05, 0) is 18.2 Å². The van der Waals surface area contributed by atoms with Gasteiger partial charge >= 0.3 is 0 Å². The van der Waals surface area contributed by atoms with E-state index >= 15 is 0 Å². The molecule has 0 saturated carbocycles. The first-order chi connectivity index (χ1) is 10.8. The fraction of sp³-hybridized carbons (Fsp3) is 0.267. The Balaban J connectivity index is 1.57. The minimum Gasteiger partial charge on any atom is -0.378 e. The summed E-state index contributed by atoms with van der Waals surface area (Å²) in [7, 11) is 0. The third-order valence-electron chi connectivity index (χ3n) is 3.18. The second-order valence-electron chi connectivity index (χ2n) is 4.70. The van der Waals surface area contributed by atoms with Crippen LogP contribution in [-0.4, -0.2) is 42.2 Å². The lowest BCUT2D eigenvalue weighted by molar-refractivity contribution is -0.111. The number of aromatic nitrogens is 2. The summed E-state index contributed by atoms with van der Waals surface area (Å²) in [6, 6.07) is 3.76. The molecule has 1 aliphatic rings. The van der Waals surface area contributed by atoms with Crippen LogP contribution in [-0.2, 0) is 9.53 Å². The molecule has 0 unspecified atom stereocenters. The molecular formula is C15H16N4O2S. The van der Waals surface area contributed by atoms with Crippen molar-refractivity contribution < 1.29 is 9.53 Å². The fourth-order valence-corrected chi connectivity index (χ4v) is 2.62. The Morgan fingerprint density at radius 2 is 2.18 bits per heavy atom. The van der Waals surface area contributed by atoms with Gasteiger partial charge in [0.05, 0.1) is 25.1 Å². The normalized spacial score (nSPS) is 15.2. The van der Waals surface area contributed by atoms with Crippen LogP contribution in [0.3, 0.4) is 0 Å². The zero-order valence-corrected chi connectivity index (χ0v) is 12.8. The molecule has 22 heavy (non-hydrogen) atoms. The van der Waals surface area contributed by atoms with Crippen molar-refractivity contribution in [2.24, 2.45) is 0 Å². The molecule has 6 nitrogen and oxygen atoms in total. The molecular weight excluding hydrogens is 300 g/mol. The molecule has 114 valence electrons. The van der Waals surface area contributed by atoms with Crippen molar-refractivity contribution in [3.05, 3.63) is 41.0 Å². The zero-order valence-electron chi connectivity index (χ0n) is 11.9. The second kappa shape index (κ2) is 7.15. The van der Waals surface area contributed by atoms with Crippen molar-refractivity contribution in [2.45, 2.75) is 0 Å². The maximum Gasteiger partial charge on any atom is 0.248 e. The van der Waals surface area contributed by atoms with Gasteiger partial charge in [0, 0.05) is 30.7 Å². The van der Waals surface area contributed by atoms with Gasteiger partial charge in [-0.25, -0.2) is 9.97 Å². The number of hydrogen-bond donors (Lipinski definition) is 1. The van der Waals surface area contributed by atoms with Crippen LogP contribution in [0.4, 0.5) is 11.5 Å². The van der Waals surface area contributed by atoms with Gasteiger partial charge < -0.3 is 15.0 Å². The standard InChI is InChI=1S/C15H16N4O2S/c20-14(3-4-15-16-5-10-22-15)18-12-1-2-13(17-11-12)19-6-8-21-9-7-19/h1-5,10-11H,6-9H2,(H,18,20)/b4-3+. The van der Waals surface area contributed by atoms with Gasteiger partial charge in [0.25, 0.3) is 0 Å². The van der Waals surface area contributed by atoms with Crippen molar-refractivity contribution in [2.75, 3.05) is 36.5 Å². The van der Waals surface area contributed by atoms with E-state index < -0.39 is 0 Å². The Morgan fingerprint density at radius 1 is 1.32 bits per heavy atom. The third kappa shape index (κ3) is 3.90. The highest BCUT2D eigenvalue weighted by molar-refractivity contribution is 7.10. The number of rotatable bonds is 4. The van der Waals surface area contributed by atoms with Gasteiger partial charge in [-0.2, -0.15) is 0 Å². The number of morpholine rings is 1. The van der Waals surface area contributed by atoms with Gasteiger partial charge in [0.15, 0.2) is 0 Å². The number of thiazole rings is 1. The van der Waals surface area contributed by atoms with E-state index in [0.717, 1.165) is 37.1 Å². The van der Waals surface area contributed by atoms with Gasteiger partial charge in [-0.3, -0.25) is 4.79 Å². The Hall–Kier alpha value is -2.25. The molecule has 3 rings (SSSR count). The second-order valence-corrected chi connectivity index (χ2v) is 5.62. The first-order valence-electron chi connectivity index (χ1n) is 6.98. The first kappa shape index (κ1) is 14.7. The molecule has 0 aliphatic carbocycles. The summed E-state index contributed by atoms with van der Waals surface area (Å²) in [4.78, 5) is 22.5. The van der Waals surface area contributed by atoms with E-state index in [1.165, 1.54) is 17.4 Å². The minimum atomic E-state index is -0.198. The van der Waals surface area contributed by atoms with Crippen LogP contribution < -0.4 is 10.2 Å². The summed E-state index contributed by atoms with van der Waals surface area (Å²) < 4.78 is 5.32. The summed E-state index contributed by atoms with van der Waals surface area (Å²) >= 11 is 1.48. The number of carbonyl (C=O) groups is 1. The molecule has 0 atom stereocenters. The van der Waals surface area contributed by atoms with E-state index in [1.54, 1.807) is 18.5 Å². The van der Waals surface area contributed by atoms with Crippen LogP contribution in [0.1, 0.15) is 5.01 Å². The van der Waals surface area contributed by atoms with Gasteiger partial charge in [-0.15, -0.1) is 11.3 Å². The Kier molecular flexibility index (Phi) is 4.77. The zero-order chi connectivity index (χ0) is 15.2. The highest BCUT2D eigenvalue weighted by Gasteiger charge is 2.12. The maximum absolute atomic E-state index is 11.8. The molecule has 0 aromatic carbocycles. The monoisotopic (exact) mass is 316 g/mol. The summed E-state index contributed by atoms with van der Waals surface area (Å²) in [6.45, 7) is 3.13. The average molecular weight is 316 g/mol. The molecule has 0 radical (unpaired) electrons. The Bertz CT molecular complexity index is 634. The smallest absolute Gasteiger partial charge is 0.248 e. The van der Waals surface area contributed by atoms with E-state index in [2.05, 4.69) is 20.2 Å². The molecule has 1 fully saturated rings. The average Bonchev–Trinajstić information content (AvgIpc) is 3.08. The van der Waals surface area contributed by atoms with Crippen molar-refractivity contribution in [3.63, 3.8) is 0 Å². The maximum atomic E-state index is 11.8. The van der Waals surface area contributed by atoms with E-state index in [4.69, 9.17) is 4.74 Å². The lowest BCUT2D eigenvalue weighted by Gasteiger charge is -2.27. The van der Waals surface area contributed by atoms with Crippen molar-refractivity contribution in [1.82, 2.24) is 9.97 Å². The van der Waals surface area contributed by atoms with E-state index in [-0.39, 0.29) is 5.91 Å². The number of nitrogens with one attached hydrogen (secondary N) is 1. The van der Waals surface area contributed by atoms with Crippen LogP contribution in [0.25, 0.3) is 6.08 Å². The molecule has 3 heterocycles. The molecule has 1 amide bonds. The summed E-state index contributed by atoms with van der Waals surface area (Å²) in [5.41, 5.74) is 0.672. The van der Waals surface area contributed by atoms with Crippen LogP contribution >= 0.6 is 11.3 Å². The first-order valence-corrected chi connectivity index (χ1v) is 7.86. The third-order valence-corrected chi connectivity index (χ3v) is 3.92. The summed E-state index contributed by atoms with van der Waals surface area (Å²) in [5.74, 6) is 0.704. The van der Waals surface area contributed by atoms with Crippen molar-refractivity contribution in [3.8, 4) is 0 Å². The highest BCUT2D eigenvalue weighted by Crippen LogP contribution is 2.15. The van der Waals surface area contributed by atoms with E-state index in [0.29, 0.717) is 5.69 Å². The van der Waals surface area contributed by atoms with Crippen molar-refractivity contribution in [1.29, 1.82) is 0 Å².